The molecule has 3 aromatic rings. The number of aromatic nitrogens is 2. The van der Waals surface area contributed by atoms with Crippen LogP contribution in [0, 0.1) is 6.92 Å². The van der Waals surface area contributed by atoms with Crippen molar-refractivity contribution in [3.05, 3.63) is 39.1 Å². The van der Waals surface area contributed by atoms with Crippen LogP contribution in [-0.2, 0) is 0 Å². The van der Waals surface area contributed by atoms with E-state index >= 15 is 0 Å². The Balaban J connectivity index is 2.33. The van der Waals surface area contributed by atoms with Gasteiger partial charge in [0.2, 0.25) is 0 Å². The topological polar surface area (TPSA) is 56.5 Å². The second-order valence-electron chi connectivity index (χ2n) is 3.91. The van der Waals surface area contributed by atoms with Gasteiger partial charge in [-0.3, -0.25) is 4.40 Å². The van der Waals surface area contributed by atoms with E-state index < -0.39 is 0 Å². The zero-order chi connectivity index (χ0) is 12.9. The highest BCUT2D eigenvalue weighted by molar-refractivity contribution is 9.10. The average Bonchev–Trinajstić information content (AvgIpc) is 2.89. The lowest BCUT2D eigenvalue weighted by Gasteiger charge is -2.03. The van der Waals surface area contributed by atoms with E-state index in [0.29, 0.717) is 21.9 Å². The average molecular weight is 371 g/mol. The summed E-state index contributed by atoms with van der Waals surface area (Å²) in [5.41, 5.74) is 8.62. The Morgan fingerprint density at radius 2 is 2.00 bits per heavy atom. The zero-order valence-electron chi connectivity index (χ0n) is 9.45. The van der Waals surface area contributed by atoms with Gasteiger partial charge in [-0.05, 0) is 63.0 Å². The fraction of sp³-hybridized carbons (Fsp3) is 0.0833. The predicted octanol–water partition coefficient (Wildman–Crippen LogP) is 4.01. The molecule has 92 valence electrons. The standard InChI is InChI=1S/C12H9Br2N3O/c1-6-7(13)2-5-10-16-11(12(15)17(6)10)8-3-4-9(14)18-8/h2-5H,15H2,1H3. The molecule has 0 radical (unpaired) electrons. The number of nitrogens with zero attached hydrogens (tertiary/aromatic N) is 2. The van der Waals surface area contributed by atoms with E-state index in [9.17, 15) is 0 Å². The van der Waals surface area contributed by atoms with Crippen molar-refractivity contribution >= 4 is 43.3 Å². The highest BCUT2D eigenvalue weighted by Crippen LogP contribution is 2.31. The van der Waals surface area contributed by atoms with Crippen LogP contribution in [-0.4, -0.2) is 9.38 Å². The van der Waals surface area contributed by atoms with Crippen molar-refractivity contribution in [3.8, 4) is 11.5 Å². The summed E-state index contributed by atoms with van der Waals surface area (Å²) in [4.78, 5) is 4.50. The third kappa shape index (κ3) is 1.67. The van der Waals surface area contributed by atoms with Crippen molar-refractivity contribution in [2.75, 3.05) is 5.73 Å². The highest BCUT2D eigenvalue weighted by Gasteiger charge is 2.16. The number of furan rings is 1. The lowest BCUT2D eigenvalue weighted by molar-refractivity contribution is 0.554. The SMILES string of the molecule is Cc1c(Br)ccc2nc(-c3ccc(Br)o3)c(N)n12. The number of nitrogens with two attached hydrogens (primary N) is 1. The summed E-state index contributed by atoms with van der Waals surface area (Å²) in [7, 11) is 0. The quantitative estimate of drug-likeness (QED) is 0.704. The molecule has 0 unspecified atom stereocenters. The third-order valence-corrected chi connectivity index (χ3v) is 4.07. The lowest BCUT2D eigenvalue weighted by atomic mass is 10.3. The van der Waals surface area contributed by atoms with E-state index in [2.05, 4.69) is 36.8 Å². The van der Waals surface area contributed by atoms with Crippen LogP contribution < -0.4 is 5.73 Å². The van der Waals surface area contributed by atoms with Crippen LogP contribution in [0.2, 0.25) is 0 Å². The first-order valence-electron chi connectivity index (χ1n) is 5.26. The Labute approximate surface area is 120 Å². The minimum Gasteiger partial charge on any atom is -0.448 e. The van der Waals surface area contributed by atoms with E-state index in [1.165, 1.54) is 0 Å². The number of pyridine rings is 1. The van der Waals surface area contributed by atoms with Crippen molar-refractivity contribution in [1.82, 2.24) is 9.38 Å². The smallest absolute Gasteiger partial charge is 0.169 e. The summed E-state index contributed by atoms with van der Waals surface area (Å²) in [5, 5.41) is 0. The Hall–Kier alpha value is -1.27. The summed E-state index contributed by atoms with van der Waals surface area (Å²) in [6.07, 6.45) is 0. The molecule has 0 amide bonds. The maximum absolute atomic E-state index is 6.15. The van der Waals surface area contributed by atoms with Gasteiger partial charge in [0.1, 0.15) is 17.2 Å². The van der Waals surface area contributed by atoms with Crippen LogP contribution in [0.25, 0.3) is 17.1 Å². The van der Waals surface area contributed by atoms with Crippen molar-refractivity contribution in [1.29, 1.82) is 0 Å². The molecule has 3 rings (SSSR count). The molecule has 3 aromatic heterocycles. The van der Waals surface area contributed by atoms with Crippen LogP contribution in [0.5, 0.6) is 0 Å². The van der Waals surface area contributed by atoms with Crippen LogP contribution in [0.1, 0.15) is 5.69 Å². The fourth-order valence-corrected chi connectivity index (χ4v) is 2.53. The van der Waals surface area contributed by atoms with E-state index in [-0.39, 0.29) is 0 Å². The number of halogens is 2. The number of anilines is 1. The number of hydrogen-bond donors (Lipinski definition) is 1. The first-order chi connectivity index (χ1) is 8.58. The molecule has 0 spiro atoms. The van der Waals surface area contributed by atoms with Crippen molar-refractivity contribution < 1.29 is 4.42 Å². The number of rotatable bonds is 1. The molecule has 0 saturated carbocycles. The molecule has 2 N–H and O–H groups in total. The van der Waals surface area contributed by atoms with E-state index in [1.807, 2.05) is 35.6 Å². The summed E-state index contributed by atoms with van der Waals surface area (Å²) in [5.74, 6) is 1.23. The minimum atomic E-state index is 0.575. The third-order valence-electron chi connectivity index (χ3n) is 2.81. The predicted molar refractivity (Wildman–Crippen MR) is 77.4 cm³/mol. The van der Waals surface area contributed by atoms with Gasteiger partial charge in [0, 0.05) is 10.2 Å². The van der Waals surface area contributed by atoms with Gasteiger partial charge in [-0.1, -0.05) is 0 Å². The molecule has 0 aliphatic rings. The van der Waals surface area contributed by atoms with Crippen LogP contribution in [0.15, 0.2) is 37.8 Å². The number of aryl methyl sites for hydroxylation is 1. The van der Waals surface area contributed by atoms with Crippen molar-refractivity contribution in [2.45, 2.75) is 6.92 Å². The molecule has 18 heavy (non-hydrogen) atoms. The van der Waals surface area contributed by atoms with Crippen LogP contribution in [0.4, 0.5) is 5.82 Å². The molecule has 0 atom stereocenters. The van der Waals surface area contributed by atoms with Gasteiger partial charge < -0.3 is 10.2 Å². The van der Waals surface area contributed by atoms with Crippen LogP contribution in [0.3, 0.4) is 0 Å². The molecule has 0 aliphatic carbocycles. The molecular weight excluding hydrogens is 362 g/mol. The van der Waals surface area contributed by atoms with Gasteiger partial charge in [-0.15, -0.1) is 0 Å². The van der Waals surface area contributed by atoms with Gasteiger partial charge in [0.05, 0.1) is 0 Å². The van der Waals surface area contributed by atoms with E-state index in [1.54, 1.807) is 0 Å². The van der Waals surface area contributed by atoms with Gasteiger partial charge in [0.25, 0.3) is 0 Å². The number of nitrogen functional groups attached to an aromatic ring is 1. The maximum Gasteiger partial charge on any atom is 0.169 e. The van der Waals surface area contributed by atoms with Gasteiger partial charge in [-0.2, -0.15) is 0 Å². The monoisotopic (exact) mass is 369 g/mol. The first-order valence-corrected chi connectivity index (χ1v) is 6.85. The normalized spacial score (nSPS) is 11.3. The van der Waals surface area contributed by atoms with Gasteiger partial charge >= 0.3 is 0 Å². The van der Waals surface area contributed by atoms with Gasteiger partial charge in [-0.25, -0.2) is 4.98 Å². The molecule has 0 aliphatic heterocycles. The summed E-state index contributed by atoms with van der Waals surface area (Å²) in [6.45, 7) is 1.98. The maximum atomic E-state index is 6.15. The van der Waals surface area contributed by atoms with Crippen LogP contribution >= 0.6 is 31.9 Å². The number of hydrogen-bond acceptors (Lipinski definition) is 3. The zero-order valence-corrected chi connectivity index (χ0v) is 12.6. The van der Waals surface area contributed by atoms with Crippen molar-refractivity contribution in [3.63, 3.8) is 0 Å². The summed E-state index contributed by atoms with van der Waals surface area (Å²) in [6, 6.07) is 7.53. The number of fused-ring (bicyclic) bond motifs is 1. The molecule has 0 bridgehead atoms. The Morgan fingerprint density at radius 3 is 2.67 bits per heavy atom. The highest BCUT2D eigenvalue weighted by atomic mass is 79.9. The van der Waals surface area contributed by atoms with E-state index in [0.717, 1.165) is 15.8 Å². The molecule has 0 aromatic carbocycles. The molecule has 0 saturated heterocycles. The molecular formula is C12H9Br2N3O. The lowest BCUT2D eigenvalue weighted by Crippen LogP contribution is -1.98. The summed E-state index contributed by atoms with van der Waals surface area (Å²) >= 11 is 6.76. The second kappa shape index (κ2) is 4.13. The van der Waals surface area contributed by atoms with E-state index in [4.69, 9.17) is 10.2 Å². The summed E-state index contributed by atoms with van der Waals surface area (Å²) < 4.78 is 9.05. The largest absolute Gasteiger partial charge is 0.448 e. The molecule has 6 heteroatoms. The van der Waals surface area contributed by atoms with Gasteiger partial charge in [0.15, 0.2) is 10.4 Å². The fourth-order valence-electron chi connectivity index (χ4n) is 1.91. The molecule has 3 heterocycles. The molecule has 0 fully saturated rings. The Morgan fingerprint density at radius 1 is 1.22 bits per heavy atom. The van der Waals surface area contributed by atoms with Crippen molar-refractivity contribution in [2.24, 2.45) is 0 Å². The first kappa shape index (κ1) is 11.8. The second-order valence-corrected chi connectivity index (χ2v) is 5.55. The molecule has 4 nitrogen and oxygen atoms in total. The Bertz CT molecular complexity index is 745. The number of imidazole rings is 1. The minimum absolute atomic E-state index is 0.575. The Kier molecular flexibility index (Phi) is 2.71.